The number of hydrogen-bond acceptors (Lipinski definition) is 9. The lowest BCUT2D eigenvalue weighted by Gasteiger charge is -2.23. The molecule has 0 bridgehead atoms. The molecule has 1 atom stereocenters. The van der Waals surface area contributed by atoms with Gasteiger partial charge >= 0.3 is 12.1 Å². The van der Waals surface area contributed by atoms with E-state index in [2.05, 4.69) is 25.3 Å². The van der Waals surface area contributed by atoms with Crippen LogP contribution in [-0.4, -0.2) is 67.4 Å². The molecule has 1 heterocycles. The number of nitrogens with one attached hydrogen (secondary N) is 3. The van der Waals surface area contributed by atoms with Crippen molar-refractivity contribution < 1.29 is 32.6 Å². The highest BCUT2D eigenvalue weighted by Gasteiger charge is 2.22. The number of alkyl carbamates (subject to hydrolysis) is 1. The van der Waals surface area contributed by atoms with Gasteiger partial charge in [0.05, 0.1) is 22.7 Å². The van der Waals surface area contributed by atoms with Crippen LogP contribution in [0, 0.1) is 13.8 Å². The van der Waals surface area contributed by atoms with Gasteiger partial charge in [-0.15, -0.1) is 0 Å². The summed E-state index contributed by atoms with van der Waals surface area (Å²) < 4.78 is 40.1. The predicted octanol–water partition coefficient (Wildman–Crippen LogP) is 3.75. The fourth-order valence-corrected chi connectivity index (χ4v) is 4.91. The number of amides is 1. The van der Waals surface area contributed by atoms with Crippen molar-refractivity contribution in [2.24, 2.45) is 0 Å². The molecule has 3 aromatic rings. The van der Waals surface area contributed by atoms with E-state index in [0.29, 0.717) is 12.2 Å². The number of aromatic nitrogens is 2. The van der Waals surface area contributed by atoms with E-state index >= 15 is 0 Å². The molecule has 41 heavy (non-hydrogen) atoms. The zero-order chi connectivity index (χ0) is 30.4. The van der Waals surface area contributed by atoms with Gasteiger partial charge in [0.15, 0.2) is 0 Å². The van der Waals surface area contributed by atoms with Crippen LogP contribution in [-0.2, 0) is 14.8 Å². The third kappa shape index (κ3) is 8.88. The Balaban J connectivity index is 1.99. The molecule has 0 spiro atoms. The Hall–Kier alpha value is -4.23. The highest BCUT2D eigenvalue weighted by atomic mass is 32.2. The summed E-state index contributed by atoms with van der Waals surface area (Å²) in [6.45, 7) is 9.46. The fraction of sp³-hybridized carbons (Fsp3) is 0.357. The molecular weight excluding hydrogens is 550 g/mol. The molecule has 2 aromatic carbocycles. The summed E-state index contributed by atoms with van der Waals surface area (Å²) in [5.41, 5.74) is 2.12. The number of ether oxygens (including phenoxy) is 2. The Labute approximate surface area is 239 Å². The summed E-state index contributed by atoms with van der Waals surface area (Å²) in [6.07, 6.45) is -1.22. The third-order valence-corrected chi connectivity index (χ3v) is 6.97. The lowest BCUT2D eigenvalue weighted by atomic mass is 10.00. The number of likely N-dealkylation sites (N-methyl/N-ethyl adjacent to an activating group) is 1. The number of sulfonamides is 1. The number of benzene rings is 2. The number of carboxylic acids is 1. The zero-order valence-corrected chi connectivity index (χ0v) is 24.6. The second kappa shape index (κ2) is 13.0. The molecule has 1 aromatic heterocycles. The van der Waals surface area contributed by atoms with Gasteiger partial charge in [-0.3, -0.25) is 0 Å². The Morgan fingerprint density at radius 3 is 2.27 bits per heavy atom. The number of rotatable bonds is 11. The lowest BCUT2D eigenvalue weighted by Crippen LogP contribution is -2.42. The van der Waals surface area contributed by atoms with Gasteiger partial charge in [-0.05, 0) is 71.0 Å². The summed E-state index contributed by atoms with van der Waals surface area (Å²) in [5, 5.41) is 14.9. The number of carbonyl (C=O) groups is 2. The molecule has 1 amide bonds. The van der Waals surface area contributed by atoms with Gasteiger partial charge in [-0.25, -0.2) is 27.7 Å². The maximum absolute atomic E-state index is 13.2. The van der Waals surface area contributed by atoms with E-state index in [9.17, 15) is 23.1 Å². The summed E-state index contributed by atoms with van der Waals surface area (Å²) in [4.78, 5) is 32.0. The number of carboxylic acid groups (broad SMARTS) is 1. The van der Waals surface area contributed by atoms with Crippen molar-refractivity contribution in [2.75, 3.05) is 24.9 Å². The first kappa shape index (κ1) is 31.3. The Bertz CT molecular complexity index is 1500. The zero-order valence-electron chi connectivity index (χ0n) is 23.8. The van der Waals surface area contributed by atoms with Crippen molar-refractivity contribution in [3.63, 3.8) is 0 Å². The second-order valence-corrected chi connectivity index (χ2v) is 12.0. The van der Waals surface area contributed by atoms with Crippen LogP contribution in [0.1, 0.15) is 42.3 Å². The second-order valence-electron chi connectivity index (χ2n) is 10.3. The molecule has 0 aliphatic rings. The van der Waals surface area contributed by atoms with Crippen LogP contribution in [0.4, 0.5) is 10.7 Å². The summed E-state index contributed by atoms with van der Waals surface area (Å²) in [5.74, 6) is -1.48. The molecule has 12 nitrogen and oxygen atoms in total. The molecule has 4 N–H and O–H groups in total. The molecular formula is C28H35N5O7S. The number of aryl methyl sites for hydroxylation is 2. The number of nitrogens with zero attached hydrogens (tertiary/aromatic N) is 2. The van der Waals surface area contributed by atoms with Crippen LogP contribution >= 0.6 is 0 Å². The lowest BCUT2D eigenvalue weighted by molar-refractivity contribution is 0.0499. The number of anilines is 1. The van der Waals surface area contributed by atoms with Gasteiger partial charge in [-0.2, -0.15) is 4.98 Å². The molecule has 0 saturated heterocycles. The first-order valence-corrected chi connectivity index (χ1v) is 14.3. The number of hydrogen-bond donors (Lipinski definition) is 4. The molecule has 3 rings (SSSR count). The van der Waals surface area contributed by atoms with Gasteiger partial charge in [0.25, 0.3) is 10.0 Å². The van der Waals surface area contributed by atoms with Crippen molar-refractivity contribution in [1.29, 1.82) is 0 Å². The first-order chi connectivity index (χ1) is 19.2. The van der Waals surface area contributed by atoms with Gasteiger partial charge in [0, 0.05) is 18.2 Å². The topological polar surface area (TPSA) is 169 Å². The average Bonchev–Trinajstić information content (AvgIpc) is 2.86. The van der Waals surface area contributed by atoms with Crippen LogP contribution in [0.25, 0.3) is 11.3 Å². The van der Waals surface area contributed by atoms with E-state index in [1.165, 1.54) is 18.2 Å². The SMILES string of the molecule is CNCC(CNC(=O)OC(C)(C)C)Oc1cc(-c2c(C)cccc2C)nc(NS(=O)(=O)c2cccc(C(=O)O)c2)n1. The normalized spacial score (nSPS) is 12.3. The Morgan fingerprint density at radius 2 is 1.66 bits per heavy atom. The van der Waals surface area contributed by atoms with Crippen molar-refractivity contribution in [2.45, 2.75) is 51.2 Å². The van der Waals surface area contributed by atoms with Crippen LogP contribution in [0.15, 0.2) is 53.4 Å². The van der Waals surface area contributed by atoms with E-state index in [1.54, 1.807) is 33.9 Å². The largest absolute Gasteiger partial charge is 0.478 e. The maximum Gasteiger partial charge on any atom is 0.407 e. The van der Waals surface area contributed by atoms with Crippen molar-refractivity contribution in [3.05, 3.63) is 65.2 Å². The van der Waals surface area contributed by atoms with E-state index in [-0.39, 0.29) is 28.8 Å². The van der Waals surface area contributed by atoms with Crippen molar-refractivity contribution in [3.8, 4) is 17.1 Å². The standard InChI is InChI=1S/C28H35N5O7S/c1-17-9-7-10-18(2)24(17)22-14-23(39-20(15-29-6)16-30-27(36)40-28(3,4)5)32-26(31-22)33-41(37,38)21-12-8-11-19(13-21)25(34)35/h7-14,20,29H,15-16H2,1-6H3,(H,30,36)(H,34,35)(H,31,32,33). The molecule has 220 valence electrons. The highest BCUT2D eigenvalue weighted by molar-refractivity contribution is 7.92. The molecule has 13 heteroatoms. The van der Waals surface area contributed by atoms with Gasteiger partial charge < -0.3 is 25.2 Å². The van der Waals surface area contributed by atoms with E-state index in [4.69, 9.17) is 9.47 Å². The molecule has 0 fully saturated rings. The average molecular weight is 586 g/mol. The van der Waals surface area contributed by atoms with Crippen LogP contribution < -0.4 is 20.1 Å². The molecule has 0 aliphatic carbocycles. The van der Waals surface area contributed by atoms with Gasteiger partial charge in [0.1, 0.15) is 11.7 Å². The number of aromatic carboxylic acids is 1. The smallest absolute Gasteiger partial charge is 0.407 e. The van der Waals surface area contributed by atoms with E-state index in [1.807, 2.05) is 32.0 Å². The van der Waals surface area contributed by atoms with Crippen LogP contribution in [0.3, 0.4) is 0 Å². The molecule has 0 radical (unpaired) electrons. The highest BCUT2D eigenvalue weighted by Crippen LogP contribution is 2.29. The van der Waals surface area contributed by atoms with E-state index < -0.39 is 33.8 Å². The molecule has 1 unspecified atom stereocenters. The van der Waals surface area contributed by atoms with Crippen LogP contribution in [0.2, 0.25) is 0 Å². The van der Waals surface area contributed by atoms with Gasteiger partial charge in [0.2, 0.25) is 11.8 Å². The minimum Gasteiger partial charge on any atom is -0.478 e. The Morgan fingerprint density at radius 1 is 1.00 bits per heavy atom. The van der Waals surface area contributed by atoms with Crippen LogP contribution in [0.5, 0.6) is 5.88 Å². The fourth-order valence-electron chi connectivity index (χ4n) is 3.92. The maximum atomic E-state index is 13.2. The molecule has 0 aliphatic heterocycles. The first-order valence-electron chi connectivity index (χ1n) is 12.8. The van der Waals surface area contributed by atoms with Crippen molar-refractivity contribution in [1.82, 2.24) is 20.6 Å². The minimum atomic E-state index is -4.26. The van der Waals surface area contributed by atoms with E-state index in [0.717, 1.165) is 22.8 Å². The van der Waals surface area contributed by atoms with Gasteiger partial charge in [-0.1, -0.05) is 24.3 Å². The molecule has 0 saturated carbocycles. The third-order valence-electron chi connectivity index (χ3n) is 5.65. The summed E-state index contributed by atoms with van der Waals surface area (Å²) in [6, 6.07) is 12.2. The summed E-state index contributed by atoms with van der Waals surface area (Å²) in [7, 11) is -2.54. The Kier molecular flexibility index (Phi) is 9.89. The minimum absolute atomic E-state index is 0.0564. The van der Waals surface area contributed by atoms with Crippen molar-refractivity contribution >= 4 is 28.0 Å². The predicted molar refractivity (Wildman–Crippen MR) is 154 cm³/mol. The number of carbonyl (C=O) groups excluding carboxylic acids is 1. The quantitative estimate of drug-likeness (QED) is 0.260. The monoisotopic (exact) mass is 585 g/mol. The summed E-state index contributed by atoms with van der Waals surface area (Å²) >= 11 is 0.